The number of hydrogen-bond donors (Lipinski definition) is 0. The highest BCUT2D eigenvalue weighted by atomic mass is 79.9. The third-order valence-electron chi connectivity index (χ3n) is 9.07. The Morgan fingerprint density at radius 3 is 1.61 bits per heavy atom. The second-order valence-electron chi connectivity index (χ2n) is 12.1. The van der Waals surface area contributed by atoms with Crippen LogP contribution in [0.25, 0.3) is 43.1 Å². The van der Waals surface area contributed by atoms with Crippen molar-refractivity contribution in [3.8, 4) is 0 Å². The number of amides is 2. The first-order valence-electron chi connectivity index (χ1n) is 14.4. The van der Waals surface area contributed by atoms with E-state index in [0.29, 0.717) is 47.7 Å². The molecule has 0 saturated heterocycles. The van der Waals surface area contributed by atoms with Crippen molar-refractivity contribution in [2.45, 2.75) is 39.5 Å². The number of imide groups is 1. The van der Waals surface area contributed by atoms with E-state index in [9.17, 15) is 19.2 Å². The van der Waals surface area contributed by atoms with Gasteiger partial charge in [-0.05, 0) is 58.0 Å². The molecule has 0 saturated carbocycles. The average molecular weight is 709 g/mol. The molecule has 2 aliphatic rings. The van der Waals surface area contributed by atoms with Gasteiger partial charge in [0.2, 0.25) is 0 Å². The number of cyclic esters (lactones) is 2. The third kappa shape index (κ3) is 3.35. The first-order chi connectivity index (χ1) is 21.0. The standard InChI is InChI=1S/C36H23Br2NO5/c1-14(2)16-6-5-7-17(15(3)4)32(16)39-33(40)20-10-8-18-29-25(38)13-23-27-21(35(42)44-36(23)43)11-9-19(31(27)29)28-24(37)12-22(34(39)41)26(20)30(18)28/h5-15H,1-4H3. The smallest absolute Gasteiger partial charge is 0.346 e. The molecule has 6 aromatic carbocycles. The van der Waals surface area contributed by atoms with E-state index in [1.807, 2.05) is 30.3 Å². The molecule has 8 rings (SSSR count). The maximum Gasteiger partial charge on any atom is 0.346 e. The minimum Gasteiger partial charge on any atom is -0.386 e. The van der Waals surface area contributed by atoms with Crippen molar-refractivity contribution in [3.05, 3.63) is 96.9 Å². The number of esters is 2. The Morgan fingerprint density at radius 2 is 1.05 bits per heavy atom. The van der Waals surface area contributed by atoms with Crippen molar-refractivity contribution in [2.75, 3.05) is 4.90 Å². The zero-order chi connectivity index (χ0) is 30.9. The summed E-state index contributed by atoms with van der Waals surface area (Å²) < 4.78 is 6.35. The summed E-state index contributed by atoms with van der Waals surface area (Å²) in [6.07, 6.45) is 0. The van der Waals surface area contributed by atoms with Crippen LogP contribution >= 0.6 is 31.9 Å². The van der Waals surface area contributed by atoms with Gasteiger partial charge in [-0.15, -0.1) is 0 Å². The van der Waals surface area contributed by atoms with Crippen molar-refractivity contribution >= 4 is 104 Å². The van der Waals surface area contributed by atoms with Gasteiger partial charge in [-0.3, -0.25) is 9.59 Å². The summed E-state index contributed by atoms with van der Waals surface area (Å²) in [7, 11) is 0. The van der Waals surface area contributed by atoms with Crippen molar-refractivity contribution < 1.29 is 23.9 Å². The molecule has 6 nitrogen and oxygen atoms in total. The highest BCUT2D eigenvalue weighted by Gasteiger charge is 2.39. The second kappa shape index (κ2) is 9.19. The lowest BCUT2D eigenvalue weighted by Crippen LogP contribution is -2.41. The number of rotatable bonds is 3. The first kappa shape index (κ1) is 27.4. The van der Waals surface area contributed by atoms with Crippen LogP contribution in [0.15, 0.2) is 63.5 Å². The third-order valence-corrected chi connectivity index (χ3v) is 10.3. The lowest BCUT2D eigenvalue weighted by Gasteiger charge is -2.33. The molecule has 2 aliphatic heterocycles. The monoisotopic (exact) mass is 707 g/mol. The molecule has 0 N–H and O–H groups in total. The Bertz CT molecular complexity index is 2350. The lowest BCUT2D eigenvalue weighted by molar-refractivity contribution is 0.0390. The van der Waals surface area contributed by atoms with Gasteiger partial charge in [-0.2, -0.15) is 0 Å². The largest absolute Gasteiger partial charge is 0.386 e. The van der Waals surface area contributed by atoms with Gasteiger partial charge in [0.25, 0.3) is 11.8 Å². The van der Waals surface area contributed by atoms with E-state index in [0.717, 1.165) is 43.4 Å². The molecular weight excluding hydrogens is 686 g/mol. The zero-order valence-corrected chi connectivity index (χ0v) is 27.3. The van der Waals surface area contributed by atoms with E-state index in [4.69, 9.17) is 4.74 Å². The fraction of sp³-hybridized carbons (Fsp3) is 0.167. The molecule has 2 amide bonds. The molecule has 6 aromatic rings. The van der Waals surface area contributed by atoms with Gasteiger partial charge in [0.1, 0.15) is 0 Å². The number of fused-ring (bicyclic) bond motifs is 2. The number of para-hydroxylation sites is 1. The number of carbonyl (C=O) groups excluding carboxylic acids is 4. The van der Waals surface area contributed by atoms with E-state index in [2.05, 4.69) is 59.6 Å². The zero-order valence-electron chi connectivity index (χ0n) is 24.1. The molecule has 0 atom stereocenters. The Labute approximate surface area is 268 Å². The van der Waals surface area contributed by atoms with E-state index in [1.165, 1.54) is 4.90 Å². The molecule has 0 fully saturated rings. The topological polar surface area (TPSA) is 80.8 Å². The summed E-state index contributed by atoms with van der Waals surface area (Å²) in [6.45, 7) is 8.26. The number of ether oxygens (including phenoxy) is 1. The first-order valence-corrected chi connectivity index (χ1v) is 16.0. The average Bonchev–Trinajstić information content (AvgIpc) is 2.98. The maximum atomic E-state index is 14.5. The summed E-state index contributed by atoms with van der Waals surface area (Å²) in [6, 6.07) is 16.7. The van der Waals surface area contributed by atoms with Gasteiger partial charge in [-0.1, -0.05) is 89.9 Å². The molecule has 2 heterocycles. The quantitative estimate of drug-likeness (QED) is 0.0601. The summed E-state index contributed by atoms with van der Waals surface area (Å²) in [5.41, 5.74) is 4.06. The maximum absolute atomic E-state index is 14.5. The molecule has 0 radical (unpaired) electrons. The van der Waals surface area contributed by atoms with E-state index in [-0.39, 0.29) is 23.7 Å². The summed E-state index contributed by atoms with van der Waals surface area (Å²) >= 11 is 7.47. The Kier molecular flexibility index (Phi) is 5.72. The molecular formula is C36H23Br2NO5. The second-order valence-corrected chi connectivity index (χ2v) is 13.8. The Balaban J connectivity index is 1.51. The molecule has 8 heteroatoms. The number of hydrogen-bond acceptors (Lipinski definition) is 5. The van der Waals surface area contributed by atoms with E-state index >= 15 is 0 Å². The number of carbonyl (C=O) groups is 4. The highest BCUT2D eigenvalue weighted by Crippen LogP contribution is 2.51. The van der Waals surface area contributed by atoms with E-state index < -0.39 is 11.9 Å². The van der Waals surface area contributed by atoms with Crippen LogP contribution in [0.5, 0.6) is 0 Å². The Morgan fingerprint density at radius 1 is 0.568 bits per heavy atom. The van der Waals surface area contributed by atoms with Crippen LogP contribution in [0.1, 0.15) is 92.1 Å². The predicted octanol–water partition coefficient (Wildman–Crippen LogP) is 9.62. The lowest BCUT2D eigenvalue weighted by atomic mass is 9.82. The fourth-order valence-corrected chi connectivity index (χ4v) is 8.47. The van der Waals surface area contributed by atoms with Gasteiger partial charge in [-0.25, -0.2) is 14.5 Å². The molecule has 0 aromatic heterocycles. The molecule has 0 spiro atoms. The van der Waals surface area contributed by atoms with Gasteiger partial charge in [0.05, 0.1) is 22.4 Å². The van der Waals surface area contributed by atoms with Crippen LogP contribution in [0.2, 0.25) is 0 Å². The fourth-order valence-electron chi connectivity index (χ4n) is 7.19. The minimum absolute atomic E-state index is 0.0907. The number of anilines is 1. The van der Waals surface area contributed by atoms with Gasteiger partial charge < -0.3 is 4.74 Å². The van der Waals surface area contributed by atoms with Crippen molar-refractivity contribution in [3.63, 3.8) is 0 Å². The summed E-state index contributed by atoms with van der Waals surface area (Å²) in [5, 5.41) is 5.84. The van der Waals surface area contributed by atoms with Crippen molar-refractivity contribution in [2.24, 2.45) is 0 Å². The number of nitrogens with zero attached hydrogens (tertiary/aromatic N) is 1. The van der Waals surface area contributed by atoms with Crippen LogP contribution in [0, 0.1) is 0 Å². The number of halogens is 2. The van der Waals surface area contributed by atoms with Crippen LogP contribution < -0.4 is 4.90 Å². The van der Waals surface area contributed by atoms with Gasteiger partial charge >= 0.3 is 11.9 Å². The van der Waals surface area contributed by atoms with Crippen LogP contribution in [0.3, 0.4) is 0 Å². The highest BCUT2D eigenvalue weighted by molar-refractivity contribution is 9.11. The molecule has 44 heavy (non-hydrogen) atoms. The molecule has 0 bridgehead atoms. The summed E-state index contributed by atoms with van der Waals surface area (Å²) in [4.78, 5) is 55.9. The van der Waals surface area contributed by atoms with Crippen molar-refractivity contribution in [1.29, 1.82) is 0 Å². The molecule has 0 aliphatic carbocycles. The normalized spacial score (nSPS) is 14.9. The predicted molar refractivity (Wildman–Crippen MR) is 179 cm³/mol. The van der Waals surface area contributed by atoms with Crippen LogP contribution in [-0.2, 0) is 4.74 Å². The van der Waals surface area contributed by atoms with Crippen molar-refractivity contribution in [1.82, 2.24) is 0 Å². The Hall–Kier alpha value is -4.14. The minimum atomic E-state index is -0.694. The van der Waals surface area contributed by atoms with Crippen LogP contribution in [0.4, 0.5) is 5.69 Å². The van der Waals surface area contributed by atoms with Gasteiger partial charge in [0.15, 0.2) is 0 Å². The van der Waals surface area contributed by atoms with E-state index in [1.54, 1.807) is 24.3 Å². The van der Waals surface area contributed by atoms with Gasteiger partial charge in [0, 0.05) is 46.8 Å². The molecule has 0 unspecified atom stereocenters. The molecule has 216 valence electrons. The summed E-state index contributed by atoms with van der Waals surface area (Å²) in [5.74, 6) is -1.93. The van der Waals surface area contributed by atoms with Crippen LogP contribution in [-0.4, -0.2) is 23.8 Å². The SMILES string of the molecule is CC(C)c1cccc(C(C)C)c1N1C(=O)c2ccc3c4c(Br)cc5c6c(ccc(c7c(Br)cc(c2c37)C1=O)c64)C(=O)OC5=O. The number of benzene rings is 6.